The molecule has 0 aliphatic carbocycles. The first kappa shape index (κ1) is 16.5. The molecule has 2 aliphatic heterocycles. The molecule has 2 aliphatic rings. The van der Waals surface area contributed by atoms with Crippen molar-refractivity contribution in [3.05, 3.63) is 24.0 Å². The van der Waals surface area contributed by atoms with Crippen molar-refractivity contribution in [1.82, 2.24) is 15.1 Å². The third-order valence-corrected chi connectivity index (χ3v) is 4.51. The lowest BCUT2D eigenvalue weighted by Crippen LogP contribution is -2.48. The third-order valence-electron chi connectivity index (χ3n) is 4.51. The van der Waals surface area contributed by atoms with Gasteiger partial charge in [0.05, 0.1) is 25.1 Å². The van der Waals surface area contributed by atoms with Crippen LogP contribution < -0.4 is 10.2 Å². The number of carbonyl (C=O) groups is 2. The highest BCUT2D eigenvalue weighted by Crippen LogP contribution is 2.30. The Morgan fingerprint density at radius 3 is 2.83 bits per heavy atom. The number of hydrogen-bond acceptors (Lipinski definition) is 5. The Balaban J connectivity index is 1.71. The summed E-state index contributed by atoms with van der Waals surface area (Å²) in [5.41, 5.74) is 1.81. The van der Waals surface area contributed by atoms with Crippen molar-refractivity contribution in [2.75, 3.05) is 24.7 Å². The predicted molar refractivity (Wildman–Crippen MR) is 86.7 cm³/mol. The molecule has 1 amide bonds. The molecule has 3 heterocycles. The van der Waals surface area contributed by atoms with E-state index in [0.717, 1.165) is 12.0 Å². The standard InChI is InChI=1S/C16H22N4O4/c1-19-10-12(9-18-19)20-13(2-3-14(20)16(22)23)15(21)17-8-11-4-6-24-7-5-11/h4,9-10,13-14H,2-3,5-8H2,1H3,(H,17,21)(H,22,23). The number of rotatable bonds is 5. The van der Waals surface area contributed by atoms with E-state index in [1.807, 2.05) is 6.08 Å². The van der Waals surface area contributed by atoms with E-state index in [0.29, 0.717) is 38.3 Å². The molecule has 1 fully saturated rings. The maximum Gasteiger partial charge on any atom is 0.326 e. The van der Waals surface area contributed by atoms with E-state index in [1.165, 1.54) is 0 Å². The molecular formula is C16H22N4O4. The van der Waals surface area contributed by atoms with Gasteiger partial charge in [-0.2, -0.15) is 5.10 Å². The maximum atomic E-state index is 12.6. The summed E-state index contributed by atoms with van der Waals surface area (Å²) in [6.45, 7) is 1.74. The molecule has 3 rings (SSSR count). The van der Waals surface area contributed by atoms with Gasteiger partial charge in [0.15, 0.2) is 0 Å². The second-order valence-electron chi connectivity index (χ2n) is 6.13. The first-order valence-corrected chi connectivity index (χ1v) is 8.09. The number of aliphatic carboxylic acids is 1. The summed E-state index contributed by atoms with van der Waals surface area (Å²) in [4.78, 5) is 25.8. The number of carboxylic acid groups (broad SMARTS) is 1. The van der Waals surface area contributed by atoms with E-state index < -0.39 is 18.1 Å². The molecule has 1 aromatic heterocycles. The summed E-state index contributed by atoms with van der Waals surface area (Å²) in [5, 5.41) is 16.5. The van der Waals surface area contributed by atoms with E-state index in [2.05, 4.69) is 10.4 Å². The van der Waals surface area contributed by atoms with Crippen LogP contribution in [0.3, 0.4) is 0 Å². The minimum atomic E-state index is -0.915. The van der Waals surface area contributed by atoms with Crippen molar-refractivity contribution >= 4 is 17.6 Å². The van der Waals surface area contributed by atoms with E-state index in [1.54, 1.807) is 29.0 Å². The highest BCUT2D eigenvalue weighted by Gasteiger charge is 2.42. The van der Waals surface area contributed by atoms with E-state index in [4.69, 9.17) is 4.74 Å². The highest BCUT2D eigenvalue weighted by molar-refractivity contribution is 5.90. The second-order valence-corrected chi connectivity index (χ2v) is 6.13. The summed E-state index contributed by atoms with van der Waals surface area (Å²) >= 11 is 0. The molecule has 0 bridgehead atoms. The molecule has 0 saturated carbocycles. The van der Waals surface area contributed by atoms with Gasteiger partial charge in [-0.25, -0.2) is 4.79 Å². The Morgan fingerprint density at radius 2 is 2.21 bits per heavy atom. The average Bonchev–Trinajstić information content (AvgIpc) is 3.19. The Morgan fingerprint density at radius 1 is 1.42 bits per heavy atom. The molecule has 2 atom stereocenters. The number of hydrogen-bond donors (Lipinski definition) is 2. The van der Waals surface area contributed by atoms with Gasteiger partial charge in [-0.05, 0) is 19.3 Å². The summed E-state index contributed by atoms with van der Waals surface area (Å²) in [5.74, 6) is -1.06. The lowest BCUT2D eigenvalue weighted by atomic mass is 10.1. The Kier molecular flexibility index (Phi) is 4.84. The van der Waals surface area contributed by atoms with E-state index in [9.17, 15) is 14.7 Å². The SMILES string of the molecule is Cn1cc(N2C(C(=O)O)CCC2C(=O)NCC2=CCOCC2)cn1. The van der Waals surface area contributed by atoms with Crippen LogP contribution in [-0.4, -0.2) is 58.6 Å². The molecule has 130 valence electrons. The van der Waals surface area contributed by atoms with Gasteiger partial charge in [-0.1, -0.05) is 11.6 Å². The molecule has 0 radical (unpaired) electrons. The van der Waals surface area contributed by atoms with Crippen LogP contribution in [0, 0.1) is 0 Å². The molecule has 8 heteroatoms. The molecule has 24 heavy (non-hydrogen) atoms. The number of carboxylic acids is 1. The van der Waals surface area contributed by atoms with Crippen molar-refractivity contribution in [3.8, 4) is 0 Å². The van der Waals surface area contributed by atoms with Crippen LogP contribution >= 0.6 is 0 Å². The molecule has 8 nitrogen and oxygen atoms in total. The largest absolute Gasteiger partial charge is 0.480 e. The van der Waals surface area contributed by atoms with Gasteiger partial charge in [0.2, 0.25) is 5.91 Å². The summed E-state index contributed by atoms with van der Waals surface area (Å²) in [6.07, 6.45) is 7.09. The van der Waals surface area contributed by atoms with Gasteiger partial charge in [0, 0.05) is 19.8 Å². The molecular weight excluding hydrogens is 312 g/mol. The van der Waals surface area contributed by atoms with E-state index >= 15 is 0 Å². The van der Waals surface area contributed by atoms with Crippen LogP contribution in [-0.2, 0) is 21.4 Å². The average molecular weight is 334 g/mol. The Hall–Kier alpha value is -2.35. The van der Waals surface area contributed by atoms with Crippen molar-refractivity contribution in [2.24, 2.45) is 7.05 Å². The van der Waals surface area contributed by atoms with Crippen molar-refractivity contribution < 1.29 is 19.4 Å². The predicted octanol–water partition coefficient (Wildman–Crippen LogP) is 0.305. The van der Waals surface area contributed by atoms with Gasteiger partial charge < -0.3 is 20.1 Å². The van der Waals surface area contributed by atoms with Crippen LogP contribution in [0.2, 0.25) is 0 Å². The Bertz CT molecular complexity index is 654. The van der Waals surface area contributed by atoms with Crippen molar-refractivity contribution in [2.45, 2.75) is 31.3 Å². The van der Waals surface area contributed by atoms with Crippen molar-refractivity contribution in [3.63, 3.8) is 0 Å². The van der Waals surface area contributed by atoms with Crippen LogP contribution in [0.5, 0.6) is 0 Å². The zero-order valence-electron chi connectivity index (χ0n) is 13.6. The minimum Gasteiger partial charge on any atom is -0.480 e. The fourth-order valence-electron chi connectivity index (χ4n) is 3.26. The van der Waals surface area contributed by atoms with Gasteiger partial charge >= 0.3 is 5.97 Å². The Labute approximate surface area is 140 Å². The third kappa shape index (κ3) is 3.43. The van der Waals surface area contributed by atoms with Crippen LogP contribution in [0.25, 0.3) is 0 Å². The lowest BCUT2D eigenvalue weighted by molar-refractivity contribution is -0.138. The zero-order chi connectivity index (χ0) is 17.1. The molecule has 1 saturated heterocycles. The molecule has 2 unspecified atom stereocenters. The number of anilines is 1. The first-order chi connectivity index (χ1) is 11.6. The van der Waals surface area contributed by atoms with E-state index in [-0.39, 0.29) is 5.91 Å². The van der Waals surface area contributed by atoms with Crippen molar-refractivity contribution in [1.29, 1.82) is 0 Å². The number of ether oxygens (including phenoxy) is 1. The number of nitrogens with zero attached hydrogens (tertiary/aromatic N) is 3. The number of nitrogens with one attached hydrogen (secondary N) is 1. The number of aromatic nitrogens is 2. The quantitative estimate of drug-likeness (QED) is 0.752. The zero-order valence-corrected chi connectivity index (χ0v) is 13.6. The summed E-state index contributed by atoms with van der Waals surface area (Å²) in [7, 11) is 1.77. The topological polar surface area (TPSA) is 96.7 Å². The lowest BCUT2D eigenvalue weighted by Gasteiger charge is -2.28. The molecule has 1 aromatic rings. The fourth-order valence-corrected chi connectivity index (χ4v) is 3.26. The molecule has 0 aromatic carbocycles. The number of amides is 1. The molecule has 2 N–H and O–H groups in total. The maximum absolute atomic E-state index is 12.6. The van der Waals surface area contributed by atoms with Gasteiger partial charge in [-0.3, -0.25) is 9.48 Å². The van der Waals surface area contributed by atoms with Crippen LogP contribution in [0.4, 0.5) is 5.69 Å². The minimum absolute atomic E-state index is 0.144. The van der Waals surface area contributed by atoms with Gasteiger partial charge in [0.25, 0.3) is 0 Å². The number of carbonyl (C=O) groups excluding carboxylic acids is 1. The monoisotopic (exact) mass is 334 g/mol. The normalized spacial score (nSPS) is 23.9. The van der Waals surface area contributed by atoms with Crippen LogP contribution in [0.15, 0.2) is 24.0 Å². The van der Waals surface area contributed by atoms with Crippen LogP contribution in [0.1, 0.15) is 19.3 Å². The van der Waals surface area contributed by atoms with Gasteiger partial charge in [-0.15, -0.1) is 0 Å². The fraction of sp³-hybridized carbons (Fsp3) is 0.562. The first-order valence-electron chi connectivity index (χ1n) is 8.09. The summed E-state index contributed by atoms with van der Waals surface area (Å²) < 4.78 is 6.86. The van der Waals surface area contributed by atoms with Gasteiger partial charge in [0.1, 0.15) is 12.1 Å². The molecule has 0 spiro atoms. The smallest absolute Gasteiger partial charge is 0.326 e. The highest BCUT2D eigenvalue weighted by atomic mass is 16.5. The number of aryl methyl sites for hydroxylation is 1. The summed E-state index contributed by atoms with van der Waals surface area (Å²) in [6, 6.07) is -1.19. The second kappa shape index (κ2) is 7.04.